The highest BCUT2D eigenvalue weighted by Gasteiger charge is 2.17. The number of nitrogens with zero attached hydrogens (tertiary/aromatic N) is 3. The molecule has 1 aliphatic carbocycles. The van der Waals surface area contributed by atoms with Crippen molar-refractivity contribution in [2.75, 3.05) is 0 Å². The highest BCUT2D eigenvalue weighted by atomic mass is 16.5. The lowest BCUT2D eigenvalue weighted by molar-refractivity contribution is 0.290. The first-order valence-electron chi connectivity index (χ1n) is 6.58. The standard InChI is InChI=1S/C14H18N4O/c1-18-9-16-17-14(18)8-19-11-5-6-12-10(7-11)3-2-4-13(12)15/h5-7,9,13H,2-4,8,15H2,1H3. The summed E-state index contributed by atoms with van der Waals surface area (Å²) in [5.41, 5.74) is 8.68. The highest BCUT2D eigenvalue weighted by Crippen LogP contribution is 2.30. The van der Waals surface area contributed by atoms with E-state index in [0.717, 1.165) is 30.8 Å². The molecule has 1 atom stereocenters. The SMILES string of the molecule is Cn1cnnc1COc1ccc2c(c1)CCCC2N. The minimum Gasteiger partial charge on any atom is -0.486 e. The Morgan fingerprint density at radius 3 is 3.16 bits per heavy atom. The van der Waals surface area contributed by atoms with Crippen molar-refractivity contribution in [1.29, 1.82) is 0 Å². The van der Waals surface area contributed by atoms with Crippen molar-refractivity contribution in [2.24, 2.45) is 12.8 Å². The summed E-state index contributed by atoms with van der Waals surface area (Å²) in [6.45, 7) is 0.432. The molecular formula is C14H18N4O. The molecule has 2 aromatic rings. The van der Waals surface area contributed by atoms with E-state index < -0.39 is 0 Å². The molecule has 1 aromatic heterocycles. The lowest BCUT2D eigenvalue weighted by Gasteiger charge is -2.22. The molecule has 0 radical (unpaired) electrons. The van der Waals surface area contributed by atoms with Crippen molar-refractivity contribution in [3.63, 3.8) is 0 Å². The van der Waals surface area contributed by atoms with E-state index in [1.165, 1.54) is 11.1 Å². The second kappa shape index (κ2) is 5.01. The van der Waals surface area contributed by atoms with E-state index in [0.29, 0.717) is 6.61 Å². The maximum Gasteiger partial charge on any atom is 0.170 e. The predicted octanol–water partition coefficient (Wildman–Crippen LogP) is 1.73. The Hall–Kier alpha value is -1.88. The number of hydrogen-bond donors (Lipinski definition) is 1. The first-order valence-corrected chi connectivity index (χ1v) is 6.58. The normalized spacial score (nSPS) is 18.1. The largest absolute Gasteiger partial charge is 0.486 e. The van der Waals surface area contributed by atoms with Crippen molar-refractivity contribution in [3.8, 4) is 5.75 Å². The third kappa shape index (κ3) is 2.46. The van der Waals surface area contributed by atoms with Crippen LogP contribution in [0.5, 0.6) is 5.75 Å². The predicted molar refractivity (Wildman–Crippen MR) is 71.6 cm³/mol. The quantitative estimate of drug-likeness (QED) is 0.910. The third-order valence-corrected chi connectivity index (χ3v) is 3.65. The fourth-order valence-corrected chi connectivity index (χ4v) is 2.50. The van der Waals surface area contributed by atoms with Gasteiger partial charge in [0.15, 0.2) is 5.82 Å². The fraction of sp³-hybridized carbons (Fsp3) is 0.429. The van der Waals surface area contributed by atoms with Crippen LogP contribution in [0.3, 0.4) is 0 Å². The Labute approximate surface area is 112 Å². The Balaban J connectivity index is 1.74. The number of nitrogens with two attached hydrogens (primary N) is 1. The smallest absolute Gasteiger partial charge is 0.170 e. The fourth-order valence-electron chi connectivity index (χ4n) is 2.50. The zero-order chi connectivity index (χ0) is 13.2. The van der Waals surface area contributed by atoms with E-state index in [1.54, 1.807) is 6.33 Å². The minimum absolute atomic E-state index is 0.177. The van der Waals surface area contributed by atoms with E-state index in [2.05, 4.69) is 22.3 Å². The van der Waals surface area contributed by atoms with Gasteiger partial charge in [0.1, 0.15) is 18.7 Å². The van der Waals surface area contributed by atoms with Crippen molar-refractivity contribution in [1.82, 2.24) is 14.8 Å². The Morgan fingerprint density at radius 2 is 2.37 bits per heavy atom. The van der Waals surface area contributed by atoms with E-state index in [9.17, 15) is 0 Å². The van der Waals surface area contributed by atoms with Crippen LogP contribution in [0, 0.1) is 0 Å². The molecule has 0 fully saturated rings. The highest BCUT2D eigenvalue weighted by molar-refractivity contribution is 5.38. The van der Waals surface area contributed by atoms with Crippen molar-refractivity contribution in [2.45, 2.75) is 31.9 Å². The van der Waals surface area contributed by atoms with Gasteiger partial charge in [-0.15, -0.1) is 10.2 Å². The summed E-state index contributed by atoms with van der Waals surface area (Å²) in [5.74, 6) is 1.69. The summed E-state index contributed by atoms with van der Waals surface area (Å²) in [6.07, 6.45) is 4.99. The topological polar surface area (TPSA) is 66.0 Å². The number of aryl methyl sites for hydroxylation is 2. The molecule has 0 bridgehead atoms. The van der Waals surface area contributed by atoms with Crippen LogP contribution in [-0.4, -0.2) is 14.8 Å². The van der Waals surface area contributed by atoms with Gasteiger partial charge < -0.3 is 15.0 Å². The maximum atomic E-state index is 6.10. The molecule has 0 aliphatic heterocycles. The van der Waals surface area contributed by atoms with Gasteiger partial charge in [-0.1, -0.05) is 6.07 Å². The minimum atomic E-state index is 0.177. The Bertz CT molecular complexity index is 579. The molecule has 100 valence electrons. The number of fused-ring (bicyclic) bond motifs is 1. The van der Waals surface area contributed by atoms with E-state index in [4.69, 9.17) is 10.5 Å². The van der Waals surface area contributed by atoms with E-state index in [-0.39, 0.29) is 6.04 Å². The Morgan fingerprint density at radius 1 is 1.47 bits per heavy atom. The number of rotatable bonds is 3. The molecule has 1 heterocycles. The molecule has 0 saturated heterocycles. The number of benzene rings is 1. The lowest BCUT2D eigenvalue weighted by Crippen LogP contribution is -2.17. The van der Waals surface area contributed by atoms with Crippen molar-refractivity contribution in [3.05, 3.63) is 41.5 Å². The zero-order valence-electron chi connectivity index (χ0n) is 11.0. The van der Waals surface area contributed by atoms with Gasteiger partial charge in [0.05, 0.1) is 0 Å². The molecule has 1 unspecified atom stereocenters. The van der Waals surface area contributed by atoms with Gasteiger partial charge in [-0.2, -0.15) is 0 Å². The second-order valence-corrected chi connectivity index (χ2v) is 5.01. The summed E-state index contributed by atoms with van der Waals surface area (Å²) in [6, 6.07) is 6.35. The zero-order valence-corrected chi connectivity index (χ0v) is 11.0. The van der Waals surface area contributed by atoms with Gasteiger partial charge in [-0.05, 0) is 42.5 Å². The first kappa shape index (κ1) is 12.2. The molecule has 0 spiro atoms. The molecule has 19 heavy (non-hydrogen) atoms. The molecule has 5 nitrogen and oxygen atoms in total. The average molecular weight is 258 g/mol. The van der Waals surface area contributed by atoms with Gasteiger partial charge >= 0.3 is 0 Å². The van der Waals surface area contributed by atoms with Crippen LogP contribution in [0.4, 0.5) is 0 Å². The van der Waals surface area contributed by atoms with Crippen LogP contribution in [0.2, 0.25) is 0 Å². The van der Waals surface area contributed by atoms with Crippen LogP contribution in [0.25, 0.3) is 0 Å². The number of hydrogen-bond acceptors (Lipinski definition) is 4. The number of aromatic nitrogens is 3. The van der Waals surface area contributed by atoms with Gasteiger partial charge in [0, 0.05) is 13.1 Å². The number of ether oxygens (including phenoxy) is 1. The second-order valence-electron chi connectivity index (χ2n) is 5.01. The summed E-state index contributed by atoms with van der Waals surface area (Å²) in [4.78, 5) is 0. The van der Waals surface area contributed by atoms with E-state index in [1.807, 2.05) is 17.7 Å². The summed E-state index contributed by atoms with van der Waals surface area (Å²) < 4.78 is 7.62. The Kier molecular flexibility index (Phi) is 3.21. The molecule has 0 saturated carbocycles. The van der Waals surface area contributed by atoms with Crippen LogP contribution in [-0.2, 0) is 20.1 Å². The van der Waals surface area contributed by atoms with Gasteiger partial charge in [0.2, 0.25) is 0 Å². The molecule has 2 N–H and O–H groups in total. The summed E-state index contributed by atoms with van der Waals surface area (Å²) in [7, 11) is 1.91. The summed E-state index contributed by atoms with van der Waals surface area (Å²) >= 11 is 0. The molecule has 1 aliphatic rings. The average Bonchev–Trinajstić information content (AvgIpc) is 2.82. The molecule has 0 amide bonds. The third-order valence-electron chi connectivity index (χ3n) is 3.65. The monoisotopic (exact) mass is 258 g/mol. The first-order chi connectivity index (χ1) is 9.24. The van der Waals surface area contributed by atoms with Crippen molar-refractivity contribution >= 4 is 0 Å². The van der Waals surface area contributed by atoms with Crippen LogP contribution in [0.1, 0.15) is 35.8 Å². The van der Waals surface area contributed by atoms with Gasteiger partial charge in [-0.3, -0.25) is 0 Å². The van der Waals surface area contributed by atoms with Crippen molar-refractivity contribution < 1.29 is 4.74 Å². The van der Waals surface area contributed by atoms with Crippen LogP contribution < -0.4 is 10.5 Å². The van der Waals surface area contributed by atoms with Crippen LogP contribution in [0.15, 0.2) is 24.5 Å². The molecule has 5 heteroatoms. The van der Waals surface area contributed by atoms with Crippen LogP contribution >= 0.6 is 0 Å². The maximum absolute atomic E-state index is 6.10. The van der Waals surface area contributed by atoms with E-state index >= 15 is 0 Å². The van der Waals surface area contributed by atoms with Gasteiger partial charge in [0.25, 0.3) is 0 Å². The molecule has 1 aromatic carbocycles. The molecule has 3 rings (SSSR count). The molecular weight excluding hydrogens is 240 g/mol. The van der Waals surface area contributed by atoms with Gasteiger partial charge in [-0.25, -0.2) is 0 Å². The lowest BCUT2D eigenvalue weighted by atomic mass is 9.88. The summed E-state index contributed by atoms with van der Waals surface area (Å²) in [5, 5.41) is 7.83.